The van der Waals surface area contributed by atoms with Gasteiger partial charge in [-0.2, -0.15) is 5.10 Å². The van der Waals surface area contributed by atoms with Crippen molar-refractivity contribution in [3.05, 3.63) is 46.6 Å². The number of aromatic nitrogens is 2. The normalized spacial score (nSPS) is 14.2. The summed E-state index contributed by atoms with van der Waals surface area (Å²) < 4.78 is 1.91. The monoisotopic (exact) mass is 309 g/mol. The predicted molar refractivity (Wildman–Crippen MR) is 86.3 cm³/mol. The van der Waals surface area contributed by atoms with E-state index in [9.17, 15) is 0 Å². The van der Waals surface area contributed by atoms with Crippen molar-refractivity contribution in [1.29, 1.82) is 0 Å². The maximum atomic E-state index is 6.31. The zero-order chi connectivity index (χ0) is 14.7. The molecule has 0 fully saturated rings. The molecular weight excluding hydrogens is 290 g/mol. The number of thioether (sulfide) groups is 1. The van der Waals surface area contributed by atoms with Gasteiger partial charge in [-0.15, -0.1) is 0 Å². The average molecular weight is 310 g/mol. The minimum absolute atomic E-state index is 0.0939. The van der Waals surface area contributed by atoms with Crippen molar-refractivity contribution in [2.24, 2.45) is 12.8 Å². The minimum Gasteiger partial charge on any atom is -0.326 e. The first-order chi connectivity index (χ1) is 9.51. The molecule has 0 radical (unpaired) electrons. The van der Waals surface area contributed by atoms with E-state index in [4.69, 9.17) is 17.3 Å². The lowest BCUT2D eigenvalue weighted by Crippen LogP contribution is -2.25. The quantitative estimate of drug-likeness (QED) is 0.850. The van der Waals surface area contributed by atoms with Gasteiger partial charge in [0.1, 0.15) is 0 Å². The second kappa shape index (κ2) is 6.66. The Kier molecular flexibility index (Phi) is 5.13. The van der Waals surface area contributed by atoms with E-state index < -0.39 is 0 Å². The van der Waals surface area contributed by atoms with Crippen molar-refractivity contribution in [3.63, 3.8) is 0 Å². The van der Waals surface area contributed by atoms with Gasteiger partial charge < -0.3 is 5.73 Å². The molecule has 2 atom stereocenters. The fourth-order valence-corrected chi connectivity index (χ4v) is 3.58. The van der Waals surface area contributed by atoms with E-state index in [2.05, 4.69) is 30.2 Å². The van der Waals surface area contributed by atoms with E-state index in [-0.39, 0.29) is 11.3 Å². The average Bonchev–Trinajstić information content (AvgIpc) is 2.74. The van der Waals surface area contributed by atoms with E-state index in [1.807, 2.05) is 30.8 Å². The van der Waals surface area contributed by atoms with Crippen molar-refractivity contribution >= 4 is 23.4 Å². The van der Waals surface area contributed by atoms with Crippen LogP contribution in [0.25, 0.3) is 0 Å². The van der Waals surface area contributed by atoms with Gasteiger partial charge in [0, 0.05) is 18.1 Å². The lowest BCUT2D eigenvalue weighted by molar-refractivity contribution is 0.628. The Hall–Kier alpha value is -0.970. The second-order valence-electron chi connectivity index (χ2n) is 4.91. The van der Waals surface area contributed by atoms with Crippen molar-refractivity contribution in [2.75, 3.05) is 0 Å². The van der Waals surface area contributed by atoms with Gasteiger partial charge in [0.05, 0.1) is 16.0 Å². The number of rotatable bonds is 5. The van der Waals surface area contributed by atoms with E-state index in [1.165, 1.54) is 5.56 Å². The first kappa shape index (κ1) is 15.4. The predicted octanol–water partition coefficient (Wildman–Crippen LogP) is 3.95. The van der Waals surface area contributed by atoms with Crippen LogP contribution in [-0.4, -0.2) is 15.8 Å². The lowest BCUT2D eigenvalue weighted by atomic mass is 10.0. The molecule has 20 heavy (non-hydrogen) atoms. The number of hydrogen-bond acceptors (Lipinski definition) is 3. The van der Waals surface area contributed by atoms with E-state index in [0.29, 0.717) is 0 Å². The van der Waals surface area contributed by atoms with Crippen LogP contribution in [0.3, 0.4) is 0 Å². The molecule has 0 saturated heterocycles. The van der Waals surface area contributed by atoms with Gasteiger partial charge in [0.15, 0.2) is 0 Å². The van der Waals surface area contributed by atoms with Gasteiger partial charge in [0.2, 0.25) is 0 Å². The summed E-state index contributed by atoms with van der Waals surface area (Å²) in [5, 5.41) is 6.47. The fraction of sp³-hybridized carbons (Fsp3) is 0.400. The molecular formula is C15H20ClN3S. The van der Waals surface area contributed by atoms with Gasteiger partial charge in [-0.3, -0.25) is 4.68 Å². The number of hydrogen-bond donors (Lipinski definition) is 1. The Labute approximate surface area is 129 Å². The standard InChI is InChI=1S/C15H20ClN3S/c1-4-13(17)15(11-5-7-12(16)8-6-11)20-14-9-10(2)18-19(14)3/h5-9,13,15H,4,17H2,1-3H3. The molecule has 2 rings (SSSR count). The van der Waals surface area contributed by atoms with Crippen LogP contribution < -0.4 is 5.73 Å². The molecule has 2 N–H and O–H groups in total. The maximum Gasteiger partial charge on any atom is 0.0945 e. The molecule has 0 spiro atoms. The number of halogens is 1. The third-order valence-electron chi connectivity index (χ3n) is 3.27. The number of nitrogens with two attached hydrogens (primary N) is 1. The van der Waals surface area contributed by atoms with E-state index in [1.54, 1.807) is 11.8 Å². The zero-order valence-electron chi connectivity index (χ0n) is 12.0. The van der Waals surface area contributed by atoms with E-state index in [0.717, 1.165) is 22.2 Å². The Morgan fingerprint density at radius 3 is 2.50 bits per heavy atom. The topological polar surface area (TPSA) is 43.8 Å². The molecule has 3 nitrogen and oxygen atoms in total. The van der Waals surface area contributed by atoms with Crippen molar-refractivity contribution < 1.29 is 0 Å². The van der Waals surface area contributed by atoms with Crippen molar-refractivity contribution in [2.45, 2.75) is 36.6 Å². The Balaban J connectivity index is 2.28. The molecule has 0 aliphatic carbocycles. The van der Waals surface area contributed by atoms with Gasteiger partial charge in [-0.1, -0.05) is 42.4 Å². The molecule has 0 aliphatic rings. The molecule has 108 valence electrons. The van der Waals surface area contributed by atoms with Crippen LogP contribution in [0.2, 0.25) is 5.02 Å². The van der Waals surface area contributed by atoms with Gasteiger partial charge in [0.25, 0.3) is 0 Å². The molecule has 5 heteroatoms. The number of benzene rings is 1. The fourth-order valence-electron chi connectivity index (χ4n) is 2.10. The van der Waals surface area contributed by atoms with Gasteiger partial charge in [-0.05, 0) is 37.1 Å². The van der Waals surface area contributed by atoms with Crippen LogP contribution >= 0.6 is 23.4 Å². The molecule has 0 aliphatic heterocycles. The molecule has 2 unspecified atom stereocenters. The SMILES string of the molecule is CCC(N)C(Sc1cc(C)nn1C)c1ccc(Cl)cc1. The Bertz CT molecular complexity index is 565. The highest BCUT2D eigenvalue weighted by Gasteiger charge is 2.21. The van der Waals surface area contributed by atoms with Crippen LogP contribution in [0.5, 0.6) is 0 Å². The molecule has 1 heterocycles. The summed E-state index contributed by atoms with van der Waals surface area (Å²) >= 11 is 7.73. The molecule has 1 aromatic heterocycles. The van der Waals surface area contributed by atoms with Crippen LogP contribution in [0.15, 0.2) is 35.4 Å². The third kappa shape index (κ3) is 3.57. The zero-order valence-corrected chi connectivity index (χ0v) is 13.6. The smallest absolute Gasteiger partial charge is 0.0945 e. The molecule has 0 bridgehead atoms. The first-order valence-electron chi connectivity index (χ1n) is 6.69. The van der Waals surface area contributed by atoms with Gasteiger partial charge >= 0.3 is 0 Å². The van der Waals surface area contributed by atoms with Crippen LogP contribution in [0.4, 0.5) is 0 Å². The highest BCUT2D eigenvalue weighted by atomic mass is 35.5. The third-order valence-corrected chi connectivity index (χ3v) is 5.02. The molecule has 2 aromatic rings. The van der Waals surface area contributed by atoms with Crippen LogP contribution in [-0.2, 0) is 7.05 Å². The second-order valence-corrected chi connectivity index (χ2v) is 6.51. The number of nitrogens with zero attached hydrogens (tertiary/aromatic N) is 2. The lowest BCUT2D eigenvalue weighted by Gasteiger charge is -2.23. The number of aryl methyl sites for hydroxylation is 2. The summed E-state index contributed by atoms with van der Waals surface area (Å²) in [6, 6.07) is 10.1. The first-order valence-corrected chi connectivity index (χ1v) is 7.95. The summed E-state index contributed by atoms with van der Waals surface area (Å²) in [6.45, 7) is 4.11. The van der Waals surface area contributed by atoms with E-state index >= 15 is 0 Å². The summed E-state index contributed by atoms with van der Waals surface area (Å²) in [5.41, 5.74) is 8.53. The van der Waals surface area contributed by atoms with Crippen molar-refractivity contribution in [3.8, 4) is 0 Å². The van der Waals surface area contributed by atoms with Crippen LogP contribution in [0, 0.1) is 6.92 Å². The van der Waals surface area contributed by atoms with Gasteiger partial charge in [-0.25, -0.2) is 0 Å². The highest BCUT2D eigenvalue weighted by molar-refractivity contribution is 7.99. The Morgan fingerprint density at radius 2 is 2.00 bits per heavy atom. The summed E-state index contributed by atoms with van der Waals surface area (Å²) in [4.78, 5) is 0. The van der Waals surface area contributed by atoms with Crippen LogP contribution in [0.1, 0.15) is 29.9 Å². The summed E-state index contributed by atoms with van der Waals surface area (Å²) in [5.74, 6) is 0. The maximum absolute atomic E-state index is 6.31. The minimum atomic E-state index is 0.0939. The largest absolute Gasteiger partial charge is 0.326 e. The molecule has 0 saturated carbocycles. The van der Waals surface area contributed by atoms with Crippen molar-refractivity contribution in [1.82, 2.24) is 9.78 Å². The Morgan fingerprint density at radius 1 is 1.35 bits per heavy atom. The molecule has 0 amide bonds. The molecule has 1 aromatic carbocycles. The summed E-state index contributed by atoms with van der Waals surface area (Å²) in [6.07, 6.45) is 0.928. The highest BCUT2D eigenvalue weighted by Crippen LogP contribution is 2.38. The summed E-state index contributed by atoms with van der Waals surface area (Å²) in [7, 11) is 1.96.